The lowest BCUT2D eigenvalue weighted by molar-refractivity contribution is 0.0820. The van der Waals surface area contributed by atoms with E-state index in [-0.39, 0.29) is 17.7 Å². The molecule has 0 aliphatic carbocycles. The van der Waals surface area contributed by atoms with Crippen LogP contribution in [0.3, 0.4) is 0 Å². The van der Waals surface area contributed by atoms with Gasteiger partial charge < -0.3 is 9.80 Å². The van der Waals surface area contributed by atoms with Crippen molar-refractivity contribution in [3.05, 3.63) is 71.3 Å². The van der Waals surface area contributed by atoms with Gasteiger partial charge >= 0.3 is 0 Å². The average molecular weight is 400 g/mol. The minimum absolute atomic E-state index is 0.0270. The molecule has 2 heterocycles. The second-order valence-electron chi connectivity index (χ2n) is 8.61. The van der Waals surface area contributed by atoms with Crippen LogP contribution in [0.2, 0.25) is 0 Å². The highest BCUT2D eigenvalue weighted by Gasteiger charge is 2.28. The molecule has 0 radical (unpaired) electrons. The summed E-state index contributed by atoms with van der Waals surface area (Å²) in [5.74, 6) is 0.313. The molecular formula is C24H31F2N3. The lowest BCUT2D eigenvalue weighted by Gasteiger charge is -2.41. The van der Waals surface area contributed by atoms with Gasteiger partial charge in [0, 0.05) is 39.3 Å². The molecule has 1 unspecified atom stereocenters. The maximum Gasteiger partial charge on any atom is 0.123 e. The highest BCUT2D eigenvalue weighted by atomic mass is 19.1. The quantitative estimate of drug-likeness (QED) is 0.752. The van der Waals surface area contributed by atoms with Gasteiger partial charge in [-0.15, -0.1) is 0 Å². The van der Waals surface area contributed by atoms with E-state index in [9.17, 15) is 8.78 Å². The predicted molar refractivity (Wildman–Crippen MR) is 113 cm³/mol. The van der Waals surface area contributed by atoms with Crippen molar-refractivity contribution in [1.29, 1.82) is 0 Å². The van der Waals surface area contributed by atoms with Crippen LogP contribution in [0.1, 0.15) is 30.0 Å². The lowest BCUT2D eigenvalue weighted by atomic mass is 9.95. The molecule has 2 aromatic carbocycles. The third kappa shape index (κ3) is 5.21. The summed E-state index contributed by atoms with van der Waals surface area (Å²) in [7, 11) is 2.22. The number of hydrogen-bond acceptors (Lipinski definition) is 3. The molecule has 0 N–H and O–H groups in total. The minimum Gasteiger partial charge on any atom is -0.306 e. The number of piperidine rings is 1. The molecule has 5 heteroatoms. The number of rotatable bonds is 5. The molecule has 0 bridgehead atoms. The predicted octanol–water partition coefficient (Wildman–Crippen LogP) is 4.01. The zero-order valence-corrected chi connectivity index (χ0v) is 17.2. The summed E-state index contributed by atoms with van der Waals surface area (Å²) in [6.07, 6.45) is 2.64. The summed E-state index contributed by atoms with van der Waals surface area (Å²) < 4.78 is 27.0. The number of likely N-dealkylation sites (tertiary alicyclic amines) is 1. The molecule has 0 spiro atoms. The molecule has 2 aliphatic rings. The van der Waals surface area contributed by atoms with Crippen molar-refractivity contribution >= 4 is 0 Å². The summed E-state index contributed by atoms with van der Waals surface area (Å²) in [6, 6.07) is 13.5. The Hall–Kier alpha value is -1.82. The molecule has 1 atom stereocenters. The van der Waals surface area contributed by atoms with Crippen LogP contribution in [-0.4, -0.2) is 67.6 Å². The number of benzene rings is 2. The Kier molecular flexibility index (Phi) is 6.58. The van der Waals surface area contributed by atoms with Crippen LogP contribution < -0.4 is 0 Å². The third-order valence-corrected chi connectivity index (χ3v) is 6.38. The molecule has 2 fully saturated rings. The molecule has 0 amide bonds. The zero-order chi connectivity index (χ0) is 20.2. The van der Waals surface area contributed by atoms with Crippen molar-refractivity contribution in [2.24, 2.45) is 5.92 Å². The summed E-state index contributed by atoms with van der Waals surface area (Å²) in [4.78, 5) is 7.49. The number of halogens is 2. The van der Waals surface area contributed by atoms with Crippen molar-refractivity contribution in [2.45, 2.75) is 18.9 Å². The van der Waals surface area contributed by atoms with Crippen LogP contribution in [-0.2, 0) is 0 Å². The van der Waals surface area contributed by atoms with Gasteiger partial charge in [0.1, 0.15) is 11.6 Å². The minimum atomic E-state index is -0.228. The lowest BCUT2D eigenvalue weighted by Crippen LogP contribution is -2.50. The maximum absolute atomic E-state index is 13.5. The van der Waals surface area contributed by atoms with Crippen molar-refractivity contribution in [3.63, 3.8) is 0 Å². The Morgan fingerprint density at radius 1 is 0.828 bits per heavy atom. The normalized spacial score (nSPS) is 22.3. The standard InChI is InChI=1S/C24H31F2N3/c1-27-12-2-3-19(17-27)18-28-13-15-29(16-14-28)24(20-4-8-22(25)9-5-20)21-6-10-23(26)11-7-21/h4-11,19,24H,2-3,12-18H2,1H3. The van der Waals surface area contributed by atoms with Crippen LogP contribution in [0.15, 0.2) is 48.5 Å². The summed E-state index contributed by atoms with van der Waals surface area (Å²) in [5.41, 5.74) is 2.11. The van der Waals surface area contributed by atoms with Crippen LogP contribution in [0.5, 0.6) is 0 Å². The fraction of sp³-hybridized carbons (Fsp3) is 0.500. The molecule has 156 valence electrons. The Bertz CT molecular complexity index is 724. The Morgan fingerprint density at radius 2 is 1.38 bits per heavy atom. The summed E-state index contributed by atoms with van der Waals surface area (Å²) in [6.45, 7) is 7.60. The maximum atomic E-state index is 13.5. The number of hydrogen-bond donors (Lipinski definition) is 0. The third-order valence-electron chi connectivity index (χ3n) is 6.38. The molecular weight excluding hydrogens is 368 g/mol. The average Bonchev–Trinajstić information content (AvgIpc) is 2.72. The fourth-order valence-electron chi connectivity index (χ4n) is 4.90. The second-order valence-corrected chi connectivity index (χ2v) is 8.61. The van der Waals surface area contributed by atoms with E-state index < -0.39 is 0 Å². The second kappa shape index (κ2) is 9.33. The van der Waals surface area contributed by atoms with Crippen molar-refractivity contribution < 1.29 is 8.78 Å². The largest absolute Gasteiger partial charge is 0.306 e. The first-order chi connectivity index (χ1) is 14.1. The van der Waals surface area contributed by atoms with Crippen molar-refractivity contribution in [2.75, 3.05) is 52.9 Å². The molecule has 2 aromatic rings. The zero-order valence-electron chi connectivity index (χ0n) is 17.2. The topological polar surface area (TPSA) is 9.72 Å². The molecule has 0 aromatic heterocycles. The Balaban J connectivity index is 1.45. The van der Waals surface area contributed by atoms with E-state index in [0.29, 0.717) is 0 Å². The Labute approximate surface area is 172 Å². The molecule has 4 rings (SSSR count). The molecule has 2 aliphatic heterocycles. The van der Waals surface area contributed by atoms with Gasteiger partial charge in [0.25, 0.3) is 0 Å². The molecule has 29 heavy (non-hydrogen) atoms. The van der Waals surface area contributed by atoms with E-state index in [2.05, 4.69) is 21.7 Å². The van der Waals surface area contributed by atoms with Gasteiger partial charge in [0.15, 0.2) is 0 Å². The number of piperazine rings is 1. The van der Waals surface area contributed by atoms with E-state index >= 15 is 0 Å². The van der Waals surface area contributed by atoms with Crippen LogP contribution in [0.4, 0.5) is 8.78 Å². The monoisotopic (exact) mass is 399 g/mol. The highest BCUT2D eigenvalue weighted by Crippen LogP contribution is 2.30. The number of nitrogens with zero attached hydrogens (tertiary/aromatic N) is 3. The van der Waals surface area contributed by atoms with Gasteiger partial charge in [-0.3, -0.25) is 4.90 Å². The highest BCUT2D eigenvalue weighted by molar-refractivity contribution is 5.32. The summed E-state index contributed by atoms with van der Waals surface area (Å²) >= 11 is 0. The fourth-order valence-corrected chi connectivity index (χ4v) is 4.90. The van der Waals surface area contributed by atoms with Gasteiger partial charge in [-0.2, -0.15) is 0 Å². The van der Waals surface area contributed by atoms with Gasteiger partial charge in [0.05, 0.1) is 6.04 Å². The van der Waals surface area contributed by atoms with E-state index in [1.165, 1.54) is 56.7 Å². The van der Waals surface area contributed by atoms with Gasteiger partial charge in [-0.1, -0.05) is 24.3 Å². The molecule has 2 saturated heterocycles. The van der Waals surface area contributed by atoms with Crippen LogP contribution >= 0.6 is 0 Å². The van der Waals surface area contributed by atoms with Gasteiger partial charge in [0.2, 0.25) is 0 Å². The Morgan fingerprint density at radius 3 is 1.90 bits per heavy atom. The van der Waals surface area contributed by atoms with Crippen LogP contribution in [0, 0.1) is 17.6 Å². The van der Waals surface area contributed by atoms with Crippen molar-refractivity contribution in [1.82, 2.24) is 14.7 Å². The smallest absolute Gasteiger partial charge is 0.123 e. The van der Waals surface area contributed by atoms with E-state index in [4.69, 9.17) is 0 Å². The SMILES string of the molecule is CN1CCCC(CN2CCN(C(c3ccc(F)cc3)c3ccc(F)cc3)CC2)C1. The first-order valence-electron chi connectivity index (χ1n) is 10.7. The molecule has 3 nitrogen and oxygen atoms in total. The van der Waals surface area contributed by atoms with Crippen LogP contribution in [0.25, 0.3) is 0 Å². The van der Waals surface area contributed by atoms with E-state index in [0.717, 1.165) is 43.2 Å². The first kappa shape index (κ1) is 20.5. The van der Waals surface area contributed by atoms with Crippen molar-refractivity contribution in [3.8, 4) is 0 Å². The van der Waals surface area contributed by atoms with Gasteiger partial charge in [-0.05, 0) is 67.7 Å². The van der Waals surface area contributed by atoms with Gasteiger partial charge in [-0.25, -0.2) is 8.78 Å². The first-order valence-corrected chi connectivity index (χ1v) is 10.7. The van der Waals surface area contributed by atoms with E-state index in [1.807, 2.05) is 24.3 Å². The van der Waals surface area contributed by atoms with E-state index in [1.54, 1.807) is 0 Å². The summed E-state index contributed by atoms with van der Waals surface area (Å²) in [5, 5.41) is 0. The molecule has 0 saturated carbocycles.